The summed E-state index contributed by atoms with van der Waals surface area (Å²) >= 11 is 6.38. The molecule has 2 saturated heterocycles. The van der Waals surface area contributed by atoms with Crippen molar-refractivity contribution in [1.82, 2.24) is 25.1 Å². The highest BCUT2D eigenvalue weighted by Crippen LogP contribution is 2.35. The lowest BCUT2D eigenvalue weighted by Gasteiger charge is -2.43. The van der Waals surface area contributed by atoms with Crippen molar-refractivity contribution < 1.29 is 18.4 Å². The Morgan fingerprint density at radius 3 is 2.76 bits per heavy atom. The fourth-order valence-electron chi connectivity index (χ4n) is 3.57. The number of likely N-dealkylation sites (N-methyl/N-ethyl adjacent to an activating group) is 1. The number of allylic oxidation sites excluding steroid dienone is 3. The van der Waals surface area contributed by atoms with Gasteiger partial charge in [-0.1, -0.05) is 11.6 Å². The van der Waals surface area contributed by atoms with Crippen molar-refractivity contribution in [3.05, 3.63) is 41.1 Å². The standard InChI is InChI=1S/C18H21ClF2N6O2/c1-26-16(13(19)8-12(10-28)24-15-2-5-22-11-23-15)17(29)25-18(26)3-6-27(7-4-18)9-14(20)21/h2,5,8,10-11,14H,3-4,6-7,9H2,1H3,(H,25,29)(H,22,23,24)/b12-8+,16-13+. The number of aldehydes is 1. The summed E-state index contributed by atoms with van der Waals surface area (Å²) in [5.41, 5.74) is -0.339. The number of alkyl halides is 2. The van der Waals surface area contributed by atoms with Gasteiger partial charge in [-0.3, -0.25) is 14.5 Å². The molecule has 2 aliphatic heterocycles. The van der Waals surface area contributed by atoms with Gasteiger partial charge in [0.2, 0.25) is 0 Å². The smallest absolute Gasteiger partial charge is 0.270 e. The molecule has 156 valence electrons. The van der Waals surface area contributed by atoms with E-state index in [9.17, 15) is 18.4 Å². The highest BCUT2D eigenvalue weighted by atomic mass is 35.5. The minimum absolute atomic E-state index is 0.0838. The van der Waals surface area contributed by atoms with Crippen molar-refractivity contribution >= 4 is 29.6 Å². The highest BCUT2D eigenvalue weighted by Gasteiger charge is 2.48. The third-order valence-corrected chi connectivity index (χ3v) is 5.40. The lowest BCUT2D eigenvalue weighted by atomic mass is 9.96. The van der Waals surface area contributed by atoms with E-state index in [1.165, 1.54) is 18.6 Å². The zero-order valence-corrected chi connectivity index (χ0v) is 16.5. The molecule has 1 aromatic rings. The summed E-state index contributed by atoms with van der Waals surface area (Å²) in [6, 6.07) is 1.58. The number of carbonyl (C=O) groups excluding carboxylic acids is 2. The van der Waals surface area contributed by atoms with Crippen molar-refractivity contribution in [2.45, 2.75) is 24.9 Å². The second-order valence-corrected chi connectivity index (χ2v) is 7.28. The third kappa shape index (κ3) is 4.70. The van der Waals surface area contributed by atoms with Crippen LogP contribution in [-0.2, 0) is 9.59 Å². The van der Waals surface area contributed by atoms with E-state index in [0.717, 1.165) is 0 Å². The summed E-state index contributed by atoms with van der Waals surface area (Å²) in [4.78, 5) is 35.2. The molecule has 0 bridgehead atoms. The highest BCUT2D eigenvalue weighted by molar-refractivity contribution is 6.33. The van der Waals surface area contributed by atoms with E-state index in [0.29, 0.717) is 38.0 Å². The predicted molar refractivity (Wildman–Crippen MR) is 103 cm³/mol. The van der Waals surface area contributed by atoms with Crippen LogP contribution in [0.1, 0.15) is 12.8 Å². The second kappa shape index (κ2) is 8.83. The number of aromatic nitrogens is 2. The number of likely N-dealkylation sites (tertiary alicyclic amines) is 1. The van der Waals surface area contributed by atoms with Crippen LogP contribution in [0.5, 0.6) is 0 Å². The summed E-state index contributed by atoms with van der Waals surface area (Å²) in [6.07, 6.45) is 3.34. The van der Waals surface area contributed by atoms with Crippen LogP contribution >= 0.6 is 11.6 Å². The molecule has 8 nitrogen and oxygen atoms in total. The monoisotopic (exact) mass is 426 g/mol. The lowest BCUT2D eigenvalue weighted by Crippen LogP contribution is -2.57. The maximum Gasteiger partial charge on any atom is 0.270 e. The van der Waals surface area contributed by atoms with Crippen LogP contribution < -0.4 is 10.6 Å². The van der Waals surface area contributed by atoms with Crippen LogP contribution in [0.4, 0.5) is 14.6 Å². The van der Waals surface area contributed by atoms with E-state index in [1.807, 2.05) is 0 Å². The Bertz CT molecular complexity index is 825. The summed E-state index contributed by atoms with van der Waals surface area (Å²) in [6.45, 7) is 0.590. The largest absolute Gasteiger partial charge is 0.346 e. The van der Waals surface area contributed by atoms with Gasteiger partial charge >= 0.3 is 0 Å². The summed E-state index contributed by atoms with van der Waals surface area (Å²) in [7, 11) is 1.73. The van der Waals surface area contributed by atoms with Gasteiger partial charge < -0.3 is 15.5 Å². The third-order valence-electron chi connectivity index (χ3n) is 5.11. The number of halogens is 3. The molecular weight excluding hydrogens is 406 g/mol. The first-order chi connectivity index (χ1) is 13.8. The number of nitrogens with one attached hydrogen (secondary N) is 2. The molecule has 2 N–H and O–H groups in total. The summed E-state index contributed by atoms with van der Waals surface area (Å²) < 4.78 is 25.2. The van der Waals surface area contributed by atoms with Crippen molar-refractivity contribution in [3.8, 4) is 0 Å². The van der Waals surface area contributed by atoms with E-state index < -0.39 is 12.1 Å². The molecule has 1 spiro atoms. The quantitative estimate of drug-likeness (QED) is 0.526. The molecule has 1 aromatic heterocycles. The van der Waals surface area contributed by atoms with Crippen molar-refractivity contribution in [1.29, 1.82) is 0 Å². The molecule has 0 aromatic carbocycles. The average Bonchev–Trinajstić information content (AvgIpc) is 2.93. The molecule has 0 aliphatic carbocycles. The molecule has 0 saturated carbocycles. The Kier molecular flexibility index (Phi) is 6.43. The Balaban J connectivity index is 1.78. The lowest BCUT2D eigenvalue weighted by molar-refractivity contribution is -0.117. The molecule has 29 heavy (non-hydrogen) atoms. The number of hydrogen-bond donors (Lipinski definition) is 2. The van der Waals surface area contributed by atoms with Crippen molar-refractivity contribution in [2.75, 3.05) is 32.0 Å². The summed E-state index contributed by atoms with van der Waals surface area (Å²) in [5, 5.41) is 5.82. The fraction of sp³-hybridized carbons (Fsp3) is 0.444. The molecule has 0 unspecified atom stereocenters. The Morgan fingerprint density at radius 2 is 2.17 bits per heavy atom. The SMILES string of the molecule is CN1/C(=C(Cl)\C=C(/C=O)Nc2ccncn2)C(=O)NC12CCN(CC(F)F)CC2. The number of rotatable bonds is 6. The minimum atomic E-state index is -2.39. The van der Waals surface area contributed by atoms with E-state index in [1.54, 1.807) is 22.9 Å². The molecular formula is C18H21ClF2N6O2. The molecule has 3 rings (SSSR count). The molecule has 1 amide bonds. The van der Waals surface area contributed by atoms with Gasteiger partial charge in [-0.25, -0.2) is 18.7 Å². The maximum atomic E-state index is 12.6. The topological polar surface area (TPSA) is 90.5 Å². The Morgan fingerprint density at radius 1 is 1.45 bits per heavy atom. The number of carbonyl (C=O) groups is 2. The average molecular weight is 427 g/mol. The van der Waals surface area contributed by atoms with Crippen LogP contribution in [0.2, 0.25) is 0 Å². The van der Waals surface area contributed by atoms with Gasteiger partial charge in [-0.2, -0.15) is 0 Å². The van der Waals surface area contributed by atoms with Gasteiger partial charge in [0, 0.05) is 39.2 Å². The van der Waals surface area contributed by atoms with Gasteiger partial charge in [-0.05, 0) is 12.1 Å². The Labute approximate surface area is 171 Å². The minimum Gasteiger partial charge on any atom is -0.346 e. The van der Waals surface area contributed by atoms with Crippen LogP contribution in [0, 0.1) is 0 Å². The number of hydrogen-bond acceptors (Lipinski definition) is 7. The zero-order chi connectivity index (χ0) is 21.0. The second-order valence-electron chi connectivity index (χ2n) is 6.87. The maximum absolute atomic E-state index is 12.6. The molecule has 2 aliphatic rings. The van der Waals surface area contributed by atoms with Crippen LogP contribution in [0.3, 0.4) is 0 Å². The van der Waals surface area contributed by atoms with Crippen LogP contribution in [-0.4, -0.2) is 70.7 Å². The molecule has 11 heteroatoms. The molecule has 2 fully saturated rings. The van der Waals surface area contributed by atoms with Crippen LogP contribution in [0.25, 0.3) is 0 Å². The normalized spacial score (nSPS) is 21.5. The molecule has 0 radical (unpaired) electrons. The zero-order valence-electron chi connectivity index (χ0n) is 15.7. The first-order valence-electron chi connectivity index (χ1n) is 9.01. The van der Waals surface area contributed by atoms with Crippen molar-refractivity contribution in [3.63, 3.8) is 0 Å². The van der Waals surface area contributed by atoms with Gasteiger partial charge in [0.05, 0.1) is 17.3 Å². The van der Waals surface area contributed by atoms with Gasteiger partial charge in [0.25, 0.3) is 12.3 Å². The molecule has 3 heterocycles. The summed E-state index contributed by atoms with van der Waals surface area (Å²) in [5.74, 6) is 0.0308. The van der Waals surface area contributed by atoms with Gasteiger partial charge in [-0.15, -0.1) is 0 Å². The van der Waals surface area contributed by atoms with Gasteiger partial charge in [0.15, 0.2) is 6.29 Å². The predicted octanol–water partition coefficient (Wildman–Crippen LogP) is 1.54. The first kappa shape index (κ1) is 21.1. The number of anilines is 1. The fourth-order valence-corrected chi connectivity index (χ4v) is 3.90. The van der Waals surface area contributed by atoms with Gasteiger partial charge in [0.1, 0.15) is 23.5 Å². The number of nitrogens with zero attached hydrogens (tertiary/aromatic N) is 4. The number of piperidine rings is 1. The van der Waals surface area contributed by atoms with Crippen LogP contribution in [0.15, 0.2) is 41.1 Å². The van der Waals surface area contributed by atoms with E-state index in [4.69, 9.17) is 11.6 Å². The first-order valence-corrected chi connectivity index (χ1v) is 9.39. The van der Waals surface area contributed by atoms with Crippen molar-refractivity contribution in [2.24, 2.45) is 0 Å². The molecule has 0 atom stereocenters. The van der Waals surface area contributed by atoms with E-state index >= 15 is 0 Å². The Hall–Kier alpha value is -2.59. The number of amides is 1. The van der Waals surface area contributed by atoms with E-state index in [2.05, 4.69) is 20.6 Å². The van der Waals surface area contributed by atoms with E-state index in [-0.39, 0.29) is 28.9 Å².